The molecule has 0 N–H and O–H groups in total. The molecular weight excluding hydrogens is 160 g/mol. The smallest absolute Gasteiger partial charge is 0.403 e. The van der Waals surface area contributed by atoms with Crippen LogP contribution in [0.4, 0.5) is 4.79 Å². The maximum Gasteiger partial charge on any atom is 0.403 e. The lowest BCUT2D eigenvalue weighted by Gasteiger charge is -1.96. The van der Waals surface area contributed by atoms with Gasteiger partial charge in [-0.05, 0) is 18.4 Å². The van der Waals surface area contributed by atoms with E-state index in [1.54, 1.807) is 11.8 Å². The van der Waals surface area contributed by atoms with E-state index in [1.165, 1.54) is 0 Å². The molecule has 9 heavy (non-hydrogen) atoms. The Morgan fingerprint density at radius 2 is 2.44 bits per heavy atom. The summed E-state index contributed by atoms with van der Waals surface area (Å²) < 4.78 is 4.46. The summed E-state index contributed by atoms with van der Waals surface area (Å²) in [5.41, 5.74) is -0.712. The summed E-state index contributed by atoms with van der Waals surface area (Å²) in [6.45, 7) is 0.434. The lowest BCUT2D eigenvalue weighted by Crippen LogP contribution is -1.96. The Kier molecular flexibility index (Phi) is 6.31. The van der Waals surface area contributed by atoms with Gasteiger partial charge in [-0.15, -0.1) is 0 Å². The van der Waals surface area contributed by atoms with Crippen molar-refractivity contribution in [3.8, 4) is 0 Å². The van der Waals surface area contributed by atoms with E-state index < -0.39 is 5.43 Å². The molecule has 0 atom stereocenters. The number of thioether (sulfide) groups is 1. The third-order valence-corrected chi connectivity index (χ3v) is 1.51. The molecule has 0 aliphatic carbocycles. The molecule has 54 valence electrons. The van der Waals surface area contributed by atoms with Crippen molar-refractivity contribution in [1.29, 1.82) is 0 Å². The molecule has 0 amide bonds. The number of hydrogen-bond acceptors (Lipinski definition) is 3. The minimum absolute atomic E-state index is 0.434. The number of rotatable bonds is 4. The monoisotopic (exact) mass is 168 g/mol. The highest BCUT2D eigenvalue weighted by atomic mass is 35.5. The fourth-order valence-electron chi connectivity index (χ4n) is 0.356. The first kappa shape index (κ1) is 9.11. The van der Waals surface area contributed by atoms with Crippen LogP contribution in [0, 0.1) is 0 Å². The van der Waals surface area contributed by atoms with E-state index in [4.69, 9.17) is 11.6 Å². The van der Waals surface area contributed by atoms with Crippen molar-refractivity contribution in [1.82, 2.24) is 0 Å². The van der Waals surface area contributed by atoms with E-state index >= 15 is 0 Å². The van der Waals surface area contributed by atoms with Crippen molar-refractivity contribution >= 4 is 28.8 Å². The average Bonchev–Trinajstić information content (AvgIpc) is 1.80. The predicted molar refractivity (Wildman–Crippen MR) is 40.2 cm³/mol. The number of halogens is 1. The zero-order valence-electron chi connectivity index (χ0n) is 5.22. The highest BCUT2D eigenvalue weighted by Gasteiger charge is 1.92. The fourth-order valence-corrected chi connectivity index (χ4v) is 0.839. The lowest BCUT2D eigenvalue weighted by molar-refractivity contribution is 0.174. The second-order valence-corrected chi connectivity index (χ2v) is 2.73. The Labute approximate surface area is 63.9 Å². The Morgan fingerprint density at radius 1 is 1.78 bits per heavy atom. The largest absolute Gasteiger partial charge is 0.454 e. The highest BCUT2D eigenvalue weighted by molar-refractivity contribution is 7.98. The van der Waals surface area contributed by atoms with Crippen molar-refractivity contribution in [3.05, 3.63) is 0 Å². The van der Waals surface area contributed by atoms with Gasteiger partial charge in [-0.3, -0.25) is 0 Å². The molecule has 0 fully saturated rings. The average molecular weight is 169 g/mol. The van der Waals surface area contributed by atoms with Gasteiger partial charge in [0.1, 0.15) is 0 Å². The van der Waals surface area contributed by atoms with Crippen LogP contribution >= 0.6 is 23.4 Å². The molecule has 0 aliphatic heterocycles. The molecule has 0 unspecified atom stereocenters. The van der Waals surface area contributed by atoms with Gasteiger partial charge < -0.3 is 4.74 Å². The van der Waals surface area contributed by atoms with Gasteiger partial charge >= 0.3 is 5.43 Å². The first-order valence-corrected chi connectivity index (χ1v) is 4.35. The van der Waals surface area contributed by atoms with E-state index in [-0.39, 0.29) is 0 Å². The molecule has 0 heterocycles. The van der Waals surface area contributed by atoms with Gasteiger partial charge in [-0.1, -0.05) is 0 Å². The van der Waals surface area contributed by atoms with Crippen molar-refractivity contribution in [3.63, 3.8) is 0 Å². The standard InChI is InChI=1S/C5H9ClO2S/c1-9-4-2-3-8-5(6)7/h2-4H2,1H3. The topological polar surface area (TPSA) is 26.3 Å². The van der Waals surface area contributed by atoms with Crippen LogP contribution in [0.3, 0.4) is 0 Å². The first-order valence-electron chi connectivity index (χ1n) is 2.58. The molecular formula is C5H9ClO2S. The van der Waals surface area contributed by atoms with Gasteiger partial charge in [-0.25, -0.2) is 4.79 Å². The van der Waals surface area contributed by atoms with Crippen LogP contribution in [-0.4, -0.2) is 24.0 Å². The van der Waals surface area contributed by atoms with Gasteiger partial charge in [0.2, 0.25) is 0 Å². The molecule has 0 spiro atoms. The summed E-state index contributed by atoms with van der Waals surface area (Å²) in [6.07, 6.45) is 2.88. The first-order chi connectivity index (χ1) is 4.27. The maximum absolute atomic E-state index is 9.94. The molecule has 0 aromatic carbocycles. The zero-order valence-corrected chi connectivity index (χ0v) is 6.80. The lowest BCUT2D eigenvalue weighted by atomic mass is 10.5. The normalized spacial score (nSPS) is 9.11. The third kappa shape index (κ3) is 8.11. The van der Waals surface area contributed by atoms with Crippen molar-refractivity contribution in [2.24, 2.45) is 0 Å². The van der Waals surface area contributed by atoms with Crippen LogP contribution in [0.2, 0.25) is 0 Å². The quantitative estimate of drug-likeness (QED) is 0.475. The van der Waals surface area contributed by atoms with Crippen molar-refractivity contribution in [2.45, 2.75) is 6.42 Å². The fraction of sp³-hybridized carbons (Fsp3) is 0.800. The van der Waals surface area contributed by atoms with Crippen LogP contribution in [-0.2, 0) is 4.74 Å². The molecule has 0 saturated carbocycles. The van der Waals surface area contributed by atoms with Crippen molar-refractivity contribution in [2.75, 3.05) is 18.6 Å². The Morgan fingerprint density at radius 3 is 2.89 bits per heavy atom. The Bertz CT molecular complexity index is 87.0. The van der Waals surface area contributed by atoms with E-state index in [1.807, 2.05) is 6.26 Å². The van der Waals surface area contributed by atoms with E-state index in [0.717, 1.165) is 12.2 Å². The number of ether oxygens (including phenoxy) is 1. The van der Waals surface area contributed by atoms with Gasteiger partial charge in [0.15, 0.2) is 0 Å². The van der Waals surface area contributed by atoms with E-state index in [2.05, 4.69) is 4.74 Å². The van der Waals surface area contributed by atoms with Crippen LogP contribution < -0.4 is 0 Å². The predicted octanol–water partition coefficient (Wildman–Crippen LogP) is 2.11. The molecule has 0 radical (unpaired) electrons. The minimum atomic E-state index is -0.712. The highest BCUT2D eigenvalue weighted by Crippen LogP contribution is 1.96. The minimum Gasteiger partial charge on any atom is -0.454 e. The van der Waals surface area contributed by atoms with E-state index in [0.29, 0.717) is 6.61 Å². The number of carbonyl (C=O) groups is 1. The summed E-state index contributed by atoms with van der Waals surface area (Å²) in [6, 6.07) is 0. The summed E-state index contributed by atoms with van der Waals surface area (Å²) in [7, 11) is 0. The molecule has 0 aromatic rings. The summed E-state index contributed by atoms with van der Waals surface area (Å²) in [4.78, 5) is 9.94. The second-order valence-electron chi connectivity index (χ2n) is 1.43. The number of carbonyl (C=O) groups excluding carboxylic acids is 1. The number of hydrogen-bond donors (Lipinski definition) is 0. The van der Waals surface area contributed by atoms with Crippen LogP contribution in [0.25, 0.3) is 0 Å². The van der Waals surface area contributed by atoms with Gasteiger partial charge in [0.05, 0.1) is 6.61 Å². The Balaban J connectivity index is 2.83. The van der Waals surface area contributed by atoms with Crippen LogP contribution in [0.1, 0.15) is 6.42 Å². The molecule has 0 aliphatic rings. The third-order valence-electron chi connectivity index (χ3n) is 0.708. The van der Waals surface area contributed by atoms with Crippen LogP contribution in [0.5, 0.6) is 0 Å². The molecule has 2 nitrogen and oxygen atoms in total. The summed E-state index contributed by atoms with van der Waals surface area (Å²) >= 11 is 6.61. The molecule has 0 saturated heterocycles. The van der Waals surface area contributed by atoms with Crippen LogP contribution in [0.15, 0.2) is 0 Å². The SMILES string of the molecule is CSCCCOC(=O)Cl. The Hall–Kier alpha value is 0.110. The van der Waals surface area contributed by atoms with Gasteiger partial charge in [0.25, 0.3) is 0 Å². The second kappa shape index (κ2) is 6.23. The zero-order chi connectivity index (χ0) is 7.11. The van der Waals surface area contributed by atoms with Crippen molar-refractivity contribution < 1.29 is 9.53 Å². The summed E-state index contributed by atoms with van der Waals surface area (Å²) in [5.74, 6) is 1.00. The molecule has 0 rings (SSSR count). The van der Waals surface area contributed by atoms with Gasteiger partial charge in [0, 0.05) is 11.6 Å². The molecule has 0 aromatic heterocycles. The van der Waals surface area contributed by atoms with E-state index in [9.17, 15) is 4.79 Å². The maximum atomic E-state index is 9.94. The van der Waals surface area contributed by atoms with Gasteiger partial charge in [-0.2, -0.15) is 11.8 Å². The summed E-state index contributed by atoms with van der Waals surface area (Å²) in [5, 5.41) is 0. The molecule has 0 bridgehead atoms. The molecule has 4 heteroatoms.